The first-order valence-electron chi connectivity index (χ1n) is 6.03. The second kappa shape index (κ2) is 5.71. The maximum atomic E-state index is 11.9. The molecular weight excluding hydrogens is 298 g/mol. The van der Waals surface area contributed by atoms with Crippen LogP contribution in [0.25, 0.3) is 0 Å². The molecule has 0 saturated carbocycles. The lowest BCUT2D eigenvalue weighted by molar-refractivity contribution is 0.0999. The van der Waals surface area contributed by atoms with Crippen LogP contribution in [0.1, 0.15) is 29.3 Å². The minimum atomic E-state index is -0.0885. The van der Waals surface area contributed by atoms with Crippen LogP contribution in [0, 0.1) is 0 Å². The summed E-state index contributed by atoms with van der Waals surface area (Å²) in [6.45, 7) is 3.22. The first kappa shape index (κ1) is 13.4. The maximum absolute atomic E-state index is 11.9. The van der Waals surface area contributed by atoms with Gasteiger partial charge in [0.1, 0.15) is 0 Å². The van der Waals surface area contributed by atoms with Crippen molar-refractivity contribution in [2.75, 3.05) is 19.8 Å². The van der Waals surface area contributed by atoms with Crippen LogP contribution in [-0.2, 0) is 6.42 Å². The molecule has 5 heteroatoms. The van der Waals surface area contributed by atoms with Gasteiger partial charge in [0, 0.05) is 22.0 Å². The Morgan fingerprint density at radius 3 is 2.83 bits per heavy atom. The van der Waals surface area contributed by atoms with Crippen LogP contribution in [0.4, 0.5) is 0 Å². The molecule has 2 N–H and O–H groups in total. The summed E-state index contributed by atoms with van der Waals surface area (Å²) >= 11 is 3.42. The number of benzene rings is 1. The second-order valence-corrected chi connectivity index (χ2v) is 4.92. The predicted octanol–water partition coefficient (Wildman–Crippen LogP) is 2.31. The number of Topliss-reactive ketones (excluding diaryl/α,β-unsaturated/α-hetero) is 1. The molecule has 0 radical (unpaired) electrons. The van der Waals surface area contributed by atoms with E-state index >= 15 is 0 Å². The molecular formula is C13H16BrNO3. The van der Waals surface area contributed by atoms with E-state index in [4.69, 9.17) is 15.2 Å². The van der Waals surface area contributed by atoms with Gasteiger partial charge in [-0.05, 0) is 28.4 Å². The van der Waals surface area contributed by atoms with Crippen molar-refractivity contribution in [2.24, 2.45) is 5.73 Å². The van der Waals surface area contributed by atoms with E-state index in [1.807, 2.05) is 6.92 Å². The topological polar surface area (TPSA) is 61.6 Å². The Hall–Kier alpha value is -1.07. The molecule has 18 heavy (non-hydrogen) atoms. The predicted molar refractivity (Wildman–Crippen MR) is 72.5 cm³/mol. The van der Waals surface area contributed by atoms with Crippen molar-refractivity contribution >= 4 is 21.7 Å². The van der Waals surface area contributed by atoms with E-state index in [0.717, 1.165) is 16.5 Å². The van der Waals surface area contributed by atoms with E-state index in [1.54, 1.807) is 6.07 Å². The third kappa shape index (κ3) is 2.37. The van der Waals surface area contributed by atoms with E-state index < -0.39 is 0 Å². The van der Waals surface area contributed by atoms with E-state index in [9.17, 15) is 4.79 Å². The molecule has 1 heterocycles. The zero-order valence-electron chi connectivity index (χ0n) is 10.3. The second-order valence-electron chi connectivity index (χ2n) is 4.07. The molecule has 0 saturated heterocycles. The number of carbonyl (C=O) groups excluding carboxylic acids is 1. The average molecular weight is 314 g/mol. The van der Waals surface area contributed by atoms with Crippen molar-refractivity contribution in [3.63, 3.8) is 0 Å². The van der Waals surface area contributed by atoms with Gasteiger partial charge in [-0.2, -0.15) is 0 Å². The Labute approximate surface area is 115 Å². The van der Waals surface area contributed by atoms with Gasteiger partial charge in [-0.3, -0.25) is 4.79 Å². The highest BCUT2D eigenvalue weighted by molar-refractivity contribution is 9.10. The van der Waals surface area contributed by atoms with Gasteiger partial charge in [0.15, 0.2) is 17.3 Å². The molecule has 0 fully saturated rings. The number of fused-ring (bicyclic) bond motifs is 1. The molecule has 1 aromatic rings. The fraction of sp³-hybridized carbons (Fsp3) is 0.462. The Kier molecular flexibility index (Phi) is 4.24. The first-order chi connectivity index (χ1) is 8.69. The molecule has 1 aliphatic heterocycles. The van der Waals surface area contributed by atoms with Gasteiger partial charge in [0.25, 0.3) is 0 Å². The third-order valence-corrected chi connectivity index (χ3v) is 3.53. The molecule has 0 aliphatic carbocycles. The molecule has 0 aromatic heterocycles. The number of carbonyl (C=O) groups is 1. The first-order valence-corrected chi connectivity index (χ1v) is 6.82. The molecule has 0 amide bonds. The summed E-state index contributed by atoms with van der Waals surface area (Å²) < 4.78 is 12.1. The van der Waals surface area contributed by atoms with Crippen LogP contribution in [0.5, 0.6) is 11.5 Å². The standard InChI is InChI=1S/C13H16BrNO3/c1-2-8-12(10(16)7-15)9(14)6-11-13(8)18-5-3-4-17-11/h6H,2-5,7,15H2,1H3. The van der Waals surface area contributed by atoms with Crippen molar-refractivity contribution in [1.82, 2.24) is 0 Å². The van der Waals surface area contributed by atoms with Crippen molar-refractivity contribution in [1.29, 1.82) is 0 Å². The number of hydrogen-bond donors (Lipinski definition) is 1. The third-order valence-electron chi connectivity index (χ3n) is 2.91. The fourth-order valence-corrected chi connectivity index (χ4v) is 2.75. The van der Waals surface area contributed by atoms with E-state index in [1.165, 1.54) is 0 Å². The number of ether oxygens (including phenoxy) is 2. The van der Waals surface area contributed by atoms with Crippen LogP contribution in [0.2, 0.25) is 0 Å². The van der Waals surface area contributed by atoms with Gasteiger partial charge in [-0.25, -0.2) is 0 Å². The Morgan fingerprint density at radius 1 is 1.44 bits per heavy atom. The number of ketones is 1. The molecule has 1 aliphatic rings. The molecule has 0 spiro atoms. The summed E-state index contributed by atoms with van der Waals surface area (Å²) in [6, 6.07) is 1.79. The van der Waals surface area contributed by atoms with Gasteiger partial charge in [0.05, 0.1) is 19.8 Å². The van der Waals surface area contributed by atoms with Crippen molar-refractivity contribution in [3.8, 4) is 11.5 Å². The highest BCUT2D eigenvalue weighted by atomic mass is 79.9. The molecule has 4 nitrogen and oxygen atoms in total. The summed E-state index contributed by atoms with van der Waals surface area (Å²) in [6.07, 6.45) is 1.54. The summed E-state index contributed by atoms with van der Waals surface area (Å²) in [5.74, 6) is 1.30. The number of rotatable bonds is 3. The van der Waals surface area contributed by atoms with Crippen molar-refractivity contribution in [2.45, 2.75) is 19.8 Å². The van der Waals surface area contributed by atoms with Crippen molar-refractivity contribution in [3.05, 3.63) is 21.7 Å². The van der Waals surface area contributed by atoms with Crippen LogP contribution in [0.3, 0.4) is 0 Å². The molecule has 0 bridgehead atoms. The van der Waals surface area contributed by atoms with E-state index in [0.29, 0.717) is 36.7 Å². The van der Waals surface area contributed by atoms with Gasteiger partial charge >= 0.3 is 0 Å². The number of nitrogens with two attached hydrogens (primary N) is 1. The van der Waals surface area contributed by atoms with Gasteiger partial charge in [0.2, 0.25) is 0 Å². The molecule has 98 valence electrons. The Balaban J connectivity index is 2.61. The molecule has 0 atom stereocenters. The zero-order chi connectivity index (χ0) is 13.1. The summed E-state index contributed by atoms with van der Waals surface area (Å²) in [5.41, 5.74) is 6.95. The van der Waals surface area contributed by atoms with E-state index in [-0.39, 0.29) is 12.3 Å². The lowest BCUT2D eigenvalue weighted by Crippen LogP contribution is -2.17. The van der Waals surface area contributed by atoms with Crippen LogP contribution < -0.4 is 15.2 Å². The van der Waals surface area contributed by atoms with Gasteiger partial charge in [-0.1, -0.05) is 6.92 Å². The maximum Gasteiger partial charge on any atom is 0.177 e. The molecule has 1 aromatic carbocycles. The Bertz CT molecular complexity index is 474. The highest BCUT2D eigenvalue weighted by Gasteiger charge is 2.23. The van der Waals surface area contributed by atoms with E-state index in [2.05, 4.69) is 15.9 Å². The average Bonchev–Trinajstić information content (AvgIpc) is 2.61. The van der Waals surface area contributed by atoms with Gasteiger partial charge in [-0.15, -0.1) is 0 Å². The monoisotopic (exact) mass is 313 g/mol. The number of hydrogen-bond acceptors (Lipinski definition) is 4. The number of halogens is 1. The Morgan fingerprint density at radius 2 is 2.17 bits per heavy atom. The summed E-state index contributed by atoms with van der Waals surface area (Å²) in [7, 11) is 0. The fourth-order valence-electron chi connectivity index (χ4n) is 2.08. The summed E-state index contributed by atoms with van der Waals surface area (Å²) in [4.78, 5) is 11.9. The highest BCUT2D eigenvalue weighted by Crippen LogP contribution is 2.40. The zero-order valence-corrected chi connectivity index (χ0v) is 11.9. The van der Waals surface area contributed by atoms with Gasteiger partial charge < -0.3 is 15.2 Å². The SMILES string of the molecule is CCc1c2c(cc(Br)c1C(=O)CN)OCCCO2. The van der Waals surface area contributed by atoms with Crippen molar-refractivity contribution < 1.29 is 14.3 Å². The smallest absolute Gasteiger partial charge is 0.177 e. The molecule has 2 rings (SSSR count). The minimum absolute atomic E-state index is 0.00869. The lowest BCUT2D eigenvalue weighted by Gasteiger charge is -2.16. The lowest BCUT2D eigenvalue weighted by atomic mass is 9.99. The van der Waals surface area contributed by atoms with Crippen LogP contribution >= 0.6 is 15.9 Å². The van der Waals surface area contributed by atoms with Crippen LogP contribution in [-0.4, -0.2) is 25.5 Å². The summed E-state index contributed by atoms with van der Waals surface area (Å²) in [5, 5.41) is 0. The molecule has 0 unspecified atom stereocenters. The quantitative estimate of drug-likeness (QED) is 0.870. The normalized spacial score (nSPS) is 14.2. The van der Waals surface area contributed by atoms with Crippen LogP contribution in [0.15, 0.2) is 10.5 Å². The minimum Gasteiger partial charge on any atom is -0.490 e. The largest absolute Gasteiger partial charge is 0.490 e.